The topological polar surface area (TPSA) is 51.2 Å². The summed E-state index contributed by atoms with van der Waals surface area (Å²) in [5.41, 5.74) is 8.59. The molecule has 0 aliphatic carbocycles. The van der Waals surface area contributed by atoms with E-state index in [1.165, 1.54) is 20.8 Å². The van der Waals surface area contributed by atoms with E-state index in [9.17, 15) is 14.4 Å². The minimum Gasteiger partial charge on any atom is -0.310 e. The SMILES string of the molecule is CC(=O)[C-]=C(c1ccccc1)c1ccccc1.CC(=O)[C-]=C(c1ccccc1)c1ccccc1.CC(=O)[C-]=C(c1ccccc1)c1ccccc1.[Pd]. The van der Waals surface area contributed by atoms with Crippen molar-refractivity contribution in [3.8, 4) is 0 Å². The third kappa shape index (κ3) is 13.5. The van der Waals surface area contributed by atoms with E-state index in [0.29, 0.717) is 0 Å². The van der Waals surface area contributed by atoms with E-state index < -0.39 is 0 Å². The molecule has 0 aromatic heterocycles. The molecule has 6 aromatic rings. The van der Waals surface area contributed by atoms with Gasteiger partial charge in [0, 0.05) is 20.4 Å². The Kier molecular flexibility index (Phi) is 17.3. The molecule has 0 spiro atoms. The smallest absolute Gasteiger partial charge is 0.0947 e. The Labute approximate surface area is 321 Å². The molecule has 0 radical (unpaired) electrons. The molecular weight excluding hydrogens is 731 g/mol. The first-order chi connectivity index (χ1) is 24.8. The molecule has 0 saturated carbocycles. The van der Waals surface area contributed by atoms with Gasteiger partial charge in [-0.25, -0.2) is 0 Å². The number of carbonyl (C=O) groups excluding carboxylic acids is 3. The van der Waals surface area contributed by atoms with Crippen LogP contribution in [0.25, 0.3) is 16.7 Å². The normalized spacial score (nSPS) is 9.52. The van der Waals surface area contributed by atoms with Crippen molar-refractivity contribution in [2.45, 2.75) is 20.8 Å². The van der Waals surface area contributed by atoms with Crippen molar-refractivity contribution in [1.29, 1.82) is 0 Å². The van der Waals surface area contributed by atoms with Gasteiger partial charge in [-0.2, -0.15) is 16.7 Å². The van der Waals surface area contributed by atoms with Crippen molar-refractivity contribution in [3.05, 3.63) is 234 Å². The number of hydrogen-bond donors (Lipinski definition) is 0. The van der Waals surface area contributed by atoms with Crippen LogP contribution in [-0.2, 0) is 34.8 Å². The van der Waals surface area contributed by atoms with Crippen molar-refractivity contribution < 1.29 is 34.8 Å². The minimum absolute atomic E-state index is 0. The van der Waals surface area contributed by atoms with Crippen LogP contribution in [-0.4, -0.2) is 17.3 Å². The third-order valence-electron chi connectivity index (χ3n) is 7.28. The van der Waals surface area contributed by atoms with Crippen LogP contribution >= 0.6 is 0 Å². The summed E-state index contributed by atoms with van der Waals surface area (Å²) >= 11 is 0. The molecule has 3 nitrogen and oxygen atoms in total. The first kappa shape index (κ1) is 40.6. The van der Waals surface area contributed by atoms with Gasteiger partial charge in [0.1, 0.15) is 0 Å². The quantitative estimate of drug-likeness (QED) is 0.0836. The van der Waals surface area contributed by atoms with Gasteiger partial charge in [-0.3, -0.25) is 0 Å². The molecule has 0 bridgehead atoms. The van der Waals surface area contributed by atoms with Crippen LogP contribution in [0.5, 0.6) is 0 Å². The Morgan fingerprint density at radius 2 is 0.423 bits per heavy atom. The van der Waals surface area contributed by atoms with Crippen LogP contribution in [0.1, 0.15) is 54.2 Å². The molecule has 0 heterocycles. The van der Waals surface area contributed by atoms with Gasteiger partial charge < -0.3 is 14.4 Å². The van der Waals surface area contributed by atoms with Crippen LogP contribution in [0.2, 0.25) is 0 Å². The second-order valence-corrected chi connectivity index (χ2v) is 11.4. The molecule has 0 unspecified atom stereocenters. The average molecular weight is 770 g/mol. The Morgan fingerprint density at radius 1 is 0.288 bits per heavy atom. The van der Waals surface area contributed by atoms with Gasteiger partial charge in [-0.15, -0.1) is 124 Å². The molecule has 6 rings (SSSR count). The van der Waals surface area contributed by atoms with Gasteiger partial charge in [0.05, 0.1) is 17.3 Å². The molecule has 262 valence electrons. The third-order valence-corrected chi connectivity index (χ3v) is 7.28. The maximum atomic E-state index is 11.3. The number of hydrogen-bond acceptors (Lipinski definition) is 3. The summed E-state index contributed by atoms with van der Waals surface area (Å²) in [6.45, 7) is 4.56. The van der Waals surface area contributed by atoms with E-state index >= 15 is 0 Å². The van der Waals surface area contributed by atoms with Crippen LogP contribution in [0.3, 0.4) is 0 Å². The van der Waals surface area contributed by atoms with Crippen molar-refractivity contribution >= 4 is 34.1 Å². The largest absolute Gasteiger partial charge is 0.310 e. The van der Waals surface area contributed by atoms with Crippen molar-refractivity contribution in [2.24, 2.45) is 0 Å². The Balaban J connectivity index is 0.000000208. The summed E-state index contributed by atoms with van der Waals surface area (Å²) < 4.78 is 0. The summed E-state index contributed by atoms with van der Waals surface area (Å²) in [4.78, 5) is 33.8. The van der Waals surface area contributed by atoms with Crippen LogP contribution < -0.4 is 0 Å². The molecule has 0 atom stereocenters. The Hall–Kier alpha value is -5.79. The van der Waals surface area contributed by atoms with Crippen LogP contribution in [0.15, 0.2) is 182 Å². The molecule has 0 aliphatic heterocycles. The van der Waals surface area contributed by atoms with Gasteiger partial charge in [0.2, 0.25) is 0 Å². The zero-order chi connectivity index (χ0) is 36.3. The van der Waals surface area contributed by atoms with Crippen LogP contribution in [0, 0.1) is 18.2 Å². The molecule has 4 heteroatoms. The molecule has 0 amide bonds. The molecular formula is C48H39O3Pd-3. The van der Waals surface area contributed by atoms with Crippen LogP contribution in [0.4, 0.5) is 0 Å². The number of rotatable bonds is 9. The summed E-state index contributed by atoms with van der Waals surface area (Å²) in [5.74, 6) is -0.187. The van der Waals surface area contributed by atoms with Gasteiger partial charge in [-0.1, -0.05) is 109 Å². The van der Waals surface area contributed by atoms with Gasteiger partial charge in [0.25, 0.3) is 0 Å². The number of carbonyl (C=O) groups is 3. The fourth-order valence-electron chi connectivity index (χ4n) is 5.09. The first-order valence-corrected chi connectivity index (χ1v) is 16.6. The second kappa shape index (κ2) is 22.1. The monoisotopic (exact) mass is 769 g/mol. The van der Waals surface area contributed by atoms with Gasteiger partial charge in [-0.05, 0) is 20.8 Å². The summed E-state index contributed by atoms with van der Waals surface area (Å²) in [6.07, 6.45) is 8.67. The number of ketones is 3. The van der Waals surface area contributed by atoms with E-state index in [2.05, 4.69) is 18.2 Å². The maximum absolute atomic E-state index is 11.3. The Bertz CT molecular complexity index is 1700. The molecule has 52 heavy (non-hydrogen) atoms. The zero-order valence-corrected chi connectivity index (χ0v) is 30.9. The fraction of sp³-hybridized carbons (Fsp3) is 0.0625. The maximum Gasteiger partial charge on any atom is 0.0947 e. The number of benzene rings is 6. The molecule has 0 aliphatic rings. The summed E-state index contributed by atoms with van der Waals surface area (Å²) in [6, 6.07) is 59.1. The number of allylic oxidation sites excluding steroid dienone is 3. The first-order valence-electron chi connectivity index (χ1n) is 16.6. The molecule has 0 saturated heterocycles. The van der Waals surface area contributed by atoms with Gasteiger partial charge in [0.15, 0.2) is 0 Å². The zero-order valence-electron chi connectivity index (χ0n) is 29.4. The fourth-order valence-corrected chi connectivity index (χ4v) is 5.09. The van der Waals surface area contributed by atoms with E-state index in [0.717, 1.165) is 50.1 Å². The van der Waals surface area contributed by atoms with Gasteiger partial charge >= 0.3 is 0 Å². The Morgan fingerprint density at radius 3 is 0.538 bits per heavy atom. The number of Topliss-reactive ketones (excluding diaryl/α,β-unsaturated/α-hetero) is 3. The predicted molar refractivity (Wildman–Crippen MR) is 208 cm³/mol. The van der Waals surface area contributed by atoms with Crippen molar-refractivity contribution in [1.82, 2.24) is 0 Å². The second-order valence-electron chi connectivity index (χ2n) is 11.4. The van der Waals surface area contributed by atoms with E-state index in [1.54, 1.807) is 0 Å². The summed E-state index contributed by atoms with van der Waals surface area (Å²) in [5, 5.41) is 0. The molecule has 0 N–H and O–H groups in total. The van der Waals surface area contributed by atoms with E-state index in [1.807, 2.05) is 182 Å². The summed E-state index contributed by atoms with van der Waals surface area (Å²) in [7, 11) is 0. The average Bonchev–Trinajstić information content (AvgIpc) is 3.17. The van der Waals surface area contributed by atoms with E-state index in [4.69, 9.17) is 0 Å². The standard InChI is InChI=1S/3C16H13O.Pd/c3*1-13(17)12-16(14-8-4-2-5-9-14)15-10-6-3-7-11-15;/h3*2-11H,1H3;/q3*-1;. The van der Waals surface area contributed by atoms with E-state index in [-0.39, 0.29) is 37.8 Å². The van der Waals surface area contributed by atoms with Crippen molar-refractivity contribution in [2.75, 3.05) is 0 Å². The predicted octanol–water partition coefficient (Wildman–Crippen LogP) is 10.5. The molecule has 6 aromatic carbocycles. The van der Waals surface area contributed by atoms with Crippen molar-refractivity contribution in [3.63, 3.8) is 0 Å². The molecule has 0 fully saturated rings. The minimum atomic E-state index is -0.0623.